The van der Waals surface area contributed by atoms with Crippen molar-refractivity contribution >= 4 is 0 Å². The van der Waals surface area contributed by atoms with Crippen LogP contribution < -0.4 is 0 Å². The van der Waals surface area contributed by atoms with Gasteiger partial charge >= 0.3 is 0 Å². The molecule has 7 atom stereocenters. The molecule has 3 nitrogen and oxygen atoms in total. The molecule has 3 heteroatoms. The SMILES string of the molecule is C=C[C@@]1(C)C[C@@H](O)[C@H]2[C@@](O)(C[C@@H](O)[C@H]3C(C)(C)CCC[C@@]32C)C1. The summed E-state index contributed by atoms with van der Waals surface area (Å²) in [4.78, 5) is 0. The molecule has 3 rings (SSSR count). The van der Waals surface area contributed by atoms with E-state index in [4.69, 9.17) is 0 Å². The summed E-state index contributed by atoms with van der Waals surface area (Å²) in [6.45, 7) is 12.7. The van der Waals surface area contributed by atoms with Gasteiger partial charge in [-0.25, -0.2) is 0 Å². The highest BCUT2D eigenvalue weighted by atomic mass is 16.3. The van der Waals surface area contributed by atoms with Gasteiger partial charge in [0.2, 0.25) is 0 Å². The molecule has 3 aliphatic rings. The molecule has 0 radical (unpaired) electrons. The smallest absolute Gasteiger partial charge is 0.0738 e. The largest absolute Gasteiger partial charge is 0.393 e. The zero-order chi connectivity index (χ0) is 17.3. The molecule has 0 aromatic heterocycles. The highest BCUT2D eigenvalue weighted by Gasteiger charge is 2.66. The highest BCUT2D eigenvalue weighted by molar-refractivity contribution is 5.18. The van der Waals surface area contributed by atoms with Crippen LogP contribution in [0.2, 0.25) is 0 Å². The maximum Gasteiger partial charge on any atom is 0.0738 e. The Balaban J connectivity index is 2.07. The summed E-state index contributed by atoms with van der Waals surface area (Å²) >= 11 is 0. The zero-order valence-corrected chi connectivity index (χ0v) is 15.2. The lowest BCUT2D eigenvalue weighted by atomic mass is 9.40. The summed E-state index contributed by atoms with van der Waals surface area (Å²) in [5.74, 6) is -0.0206. The van der Waals surface area contributed by atoms with Crippen molar-refractivity contribution in [1.82, 2.24) is 0 Å². The van der Waals surface area contributed by atoms with Crippen LogP contribution in [-0.4, -0.2) is 33.1 Å². The molecule has 3 saturated carbocycles. The van der Waals surface area contributed by atoms with Crippen LogP contribution in [-0.2, 0) is 0 Å². The second kappa shape index (κ2) is 5.06. The summed E-state index contributed by atoms with van der Waals surface area (Å²) in [6.07, 6.45) is 5.64. The maximum absolute atomic E-state index is 11.5. The molecule has 0 saturated heterocycles. The summed E-state index contributed by atoms with van der Waals surface area (Å²) < 4.78 is 0. The summed E-state index contributed by atoms with van der Waals surface area (Å²) in [5, 5.41) is 33.5. The Hall–Kier alpha value is -0.380. The molecule has 0 bridgehead atoms. The molecule has 3 fully saturated rings. The first-order valence-corrected chi connectivity index (χ1v) is 9.20. The molecule has 0 spiro atoms. The van der Waals surface area contributed by atoms with Crippen LogP contribution in [0.25, 0.3) is 0 Å². The van der Waals surface area contributed by atoms with Gasteiger partial charge in [0.25, 0.3) is 0 Å². The first-order valence-electron chi connectivity index (χ1n) is 9.20. The van der Waals surface area contributed by atoms with E-state index in [2.05, 4.69) is 34.3 Å². The minimum absolute atomic E-state index is 0.0483. The second-order valence-electron chi connectivity index (χ2n) is 9.98. The minimum Gasteiger partial charge on any atom is -0.393 e. The molecule has 0 aliphatic heterocycles. The molecule has 3 N–H and O–H groups in total. The van der Waals surface area contributed by atoms with Gasteiger partial charge in [-0.2, -0.15) is 0 Å². The predicted octanol–water partition coefficient (Wildman–Crippen LogP) is 3.28. The van der Waals surface area contributed by atoms with Gasteiger partial charge in [0.1, 0.15) is 0 Å². The number of hydrogen-bond acceptors (Lipinski definition) is 3. The zero-order valence-electron chi connectivity index (χ0n) is 15.2. The van der Waals surface area contributed by atoms with Crippen LogP contribution in [0.15, 0.2) is 12.7 Å². The molecule has 0 amide bonds. The lowest BCUT2D eigenvalue weighted by molar-refractivity contribution is -0.266. The normalized spacial score (nSPS) is 55.6. The fourth-order valence-corrected chi connectivity index (χ4v) is 7.16. The third-order valence-electron chi connectivity index (χ3n) is 7.59. The van der Waals surface area contributed by atoms with Crippen LogP contribution in [0.1, 0.15) is 66.2 Å². The van der Waals surface area contributed by atoms with Crippen LogP contribution in [0, 0.1) is 28.1 Å². The van der Waals surface area contributed by atoms with E-state index in [1.807, 2.05) is 6.08 Å². The molecule has 0 aromatic rings. The van der Waals surface area contributed by atoms with E-state index in [0.29, 0.717) is 19.3 Å². The van der Waals surface area contributed by atoms with Crippen LogP contribution >= 0.6 is 0 Å². The lowest BCUT2D eigenvalue weighted by Gasteiger charge is -2.66. The van der Waals surface area contributed by atoms with Gasteiger partial charge in [-0.3, -0.25) is 0 Å². The van der Waals surface area contributed by atoms with Gasteiger partial charge in [-0.05, 0) is 47.8 Å². The monoisotopic (exact) mass is 322 g/mol. The lowest BCUT2D eigenvalue weighted by Crippen LogP contribution is -2.69. The average molecular weight is 322 g/mol. The van der Waals surface area contributed by atoms with Crippen LogP contribution in [0.5, 0.6) is 0 Å². The molecule has 0 heterocycles. The topological polar surface area (TPSA) is 60.7 Å². The molecular weight excluding hydrogens is 288 g/mol. The van der Waals surface area contributed by atoms with Gasteiger partial charge in [0.15, 0.2) is 0 Å². The van der Waals surface area contributed by atoms with E-state index in [0.717, 1.165) is 19.3 Å². The Bertz CT molecular complexity index is 501. The Kier molecular flexibility index (Phi) is 3.84. The summed E-state index contributed by atoms with van der Waals surface area (Å²) in [6, 6.07) is 0. The number of aliphatic hydroxyl groups is 3. The van der Waals surface area contributed by atoms with Crippen molar-refractivity contribution in [1.29, 1.82) is 0 Å². The van der Waals surface area contributed by atoms with Gasteiger partial charge in [-0.1, -0.05) is 40.2 Å². The van der Waals surface area contributed by atoms with Crippen molar-refractivity contribution in [2.24, 2.45) is 28.1 Å². The Morgan fingerprint density at radius 3 is 2.17 bits per heavy atom. The fraction of sp³-hybridized carbons (Fsp3) is 0.900. The van der Waals surface area contributed by atoms with Crippen molar-refractivity contribution < 1.29 is 15.3 Å². The third-order valence-corrected chi connectivity index (χ3v) is 7.59. The van der Waals surface area contributed by atoms with Crippen molar-refractivity contribution in [3.8, 4) is 0 Å². The van der Waals surface area contributed by atoms with E-state index in [-0.39, 0.29) is 28.1 Å². The number of hydrogen-bond donors (Lipinski definition) is 3. The maximum atomic E-state index is 11.5. The first kappa shape index (κ1) is 17.4. The predicted molar refractivity (Wildman–Crippen MR) is 91.8 cm³/mol. The van der Waals surface area contributed by atoms with Crippen molar-refractivity contribution in [3.05, 3.63) is 12.7 Å². The molecule has 0 aromatic carbocycles. The van der Waals surface area contributed by atoms with Crippen molar-refractivity contribution in [3.63, 3.8) is 0 Å². The van der Waals surface area contributed by atoms with Gasteiger partial charge in [0, 0.05) is 12.3 Å². The Morgan fingerprint density at radius 2 is 1.57 bits per heavy atom. The molecule has 3 aliphatic carbocycles. The third kappa shape index (κ3) is 2.42. The van der Waals surface area contributed by atoms with Crippen molar-refractivity contribution in [2.75, 3.05) is 0 Å². The molecule has 23 heavy (non-hydrogen) atoms. The number of fused-ring (bicyclic) bond motifs is 3. The fourth-order valence-electron chi connectivity index (χ4n) is 7.16. The number of aliphatic hydroxyl groups excluding tert-OH is 2. The van der Waals surface area contributed by atoms with E-state index < -0.39 is 17.8 Å². The van der Waals surface area contributed by atoms with Gasteiger partial charge in [0.05, 0.1) is 17.8 Å². The highest BCUT2D eigenvalue weighted by Crippen LogP contribution is 2.66. The summed E-state index contributed by atoms with van der Waals surface area (Å²) in [7, 11) is 0. The average Bonchev–Trinajstić information content (AvgIpc) is 2.34. The molecular formula is C20H34O3. The van der Waals surface area contributed by atoms with Crippen LogP contribution in [0.3, 0.4) is 0 Å². The van der Waals surface area contributed by atoms with E-state index >= 15 is 0 Å². The van der Waals surface area contributed by atoms with Crippen LogP contribution in [0.4, 0.5) is 0 Å². The standard InChI is InChI=1S/C20H34O3/c1-6-18(4)10-13(21)16-19(5)9-7-8-17(2,3)15(19)14(22)11-20(16,23)12-18/h6,13-16,21-23H,1,7-12H2,2-5H3/t13-,14-,15+,16-,18+,19+,20-/m1/s1. The second-order valence-corrected chi connectivity index (χ2v) is 9.98. The van der Waals surface area contributed by atoms with Gasteiger partial charge < -0.3 is 15.3 Å². The first-order chi connectivity index (χ1) is 10.5. The van der Waals surface area contributed by atoms with E-state index in [9.17, 15) is 15.3 Å². The Labute approximate surface area is 140 Å². The minimum atomic E-state index is -1.00. The Morgan fingerprint density at radius 1 is 0.957 bits per heavy atom. The summed E-state index contributed by atoms with van der Waals surface area (Å²) in [5.41, 5.74) is -1.43. The molecule has 0 unspecified atom stereocenters. The van der Waals surface area contributed by atoms with E-state index in [1.54, 1.807) is 0 Å². The van der Waals surface area contributed by atoms with Gasteiger partial charge in [-0.15, -0.1) is 6.58 Å². The quantitative estimate of drug-likeness (QED) is 0.649. The molecule has 132 valence electrons. The van der Waals surface area contributed by atoms with E-state index in [1.165, 1.54) is 0 Å². The number of allylic oxidation sites excluding steroid dienone is 1. The van der Waals surface area contributed by atoms with Crippen molar-refractivity contribution in [2.45, 2.75) is 84.0 Å². The number of rotatable bonds is 1.